The summed E-state index contributed by atoms with van der Waals surface area (Å²) in [5.41, 5.74) is 2.14. The highest BCUT2D eigenvalue weighted by atomic mass is 16.5. The molecule has 1 N–H and O–H groups in total. The minimum absolute atomic E-state index is 0.865. The summed E-state index contributed by atoms with van der Waals surface area (Å²) in [6.45, 7) is 0. The van der Waals surface area contributed by atoms with Gasteiger partial charge < -0.3 is 10.1 Å². The molecule has 0 aliphatic rings. The van der Waals surface area contributed by atoms with Crippen molar-refractivity contribution in [2.24, 2.45) is 0 Å². The summed E-state index contributed by atoms with van der Waals surface area (Å²) in [6.07, 6.45) is 0. The van der Waals surface area contributed by atoms with Crippen LogP contribution in [0.25, 0.3) is 10.8 Å². The van der Waals surface area contributed by atoms with Gasteiger partial charge in [-0.05, 0) is 47.2 Å². The van der Waals surface area contributed by atoms with E-state index in [-0.39, 0.29) is 0 Å². The quantitative estimate of drug-likeness (QED) is 0.733. The third-order valence-electron chi connectivity index (χ3n) is 3.13. The van der Waals surface area contributed by atoms with Crippen molar-refractivity contribution in [3.05, 3.63) is 66.7 Å². The van der Waals surface area contributed by atoms with Crippen LogP contribution < -0.4 is 10.1 Å². The third-order valence-corrected chi connectivity index (χ3v) is 3.13. The lowest BCUT2D eigenvalue weighted by Gasteiger charge is -2.08. The van der Waals surface area contributed by atoms with Crippen molar-refractivity contribution >= 4 is 22.1 Å². The van der Waals surface area contributed by atoms with Crippen molar-refractivity contribution in [3.63, 3.8) is 0 Å². The molecule has 0 radical (unpaired) electrons. The Morgan fingerprint density at radius 1 is 0.737 bits per heavy atom. The Labute approximate surface area is 112 Å². The molecule has 0 aliphatic heterocycles. The molecule has 2 nitrogen and oxygen atoms in total. The highest BCUT2D eigenvalue weighted by Gasteiger charge is 1.97. The molecule has 0 heterocycles. The molecule has 0 saturated carbocycles. The summed E-state index contributed by atoms with van der Waals surface area (Å²) in [5, 5.41) is 5.88. The van der Waals surface area contributed by atoms with E-state index in [1.165, 1.54) is 10.8 Å². The maximum Gasteiger partial charge on any atom is 0.119 e. The first kappa shape index (κ1) is 11.6. The van der Waals surface area contributed by atoms with Gasteiger partial charge >= 0.3 is 0 Å². The van der Waals surface area contributed by atoms with Gasteiger partial charge in [-0.1, -0.05) is 30.3 Å². The van der Waals surface area contributed by atoms with E-state index >= 15 is 0 Å². The van der Waals surface area contributed by atoms with Gasteiger partial charge in [0.15, 0.2) is 0 Å². The Hall–Kier alpha value is -2.48. The third kappa shape index (κ3) is 2.52. The molecule has 0 unspecified atom stereocenters. The lowest BCUT2D eigenvalue weighted by molar-refractivity contribution is 0.415. The molecule has 0 atom stereocenters. The molecule has 0 aliphatic carbocycles. The van der Waals surface area contributed by atoms with Gasteiger partial charge in [-0.25, -0.2) is 0 Å². The monoisotopic (exact) mass is 249 g/mol. The summed E-state index contributed by atoms with van der Waals surface area (Å²) in [4.78, 5) is 0. The fraction of sp³-hybridized carbons (Fsp3) is 0.0588. The van der Waals surface area contributed by atoms with E-state index in [9.17, 15) is 0 Å². The lowest BCUT2D eigenvalue weighted by Crippen LogP contribution is -1.90. The van der Waals surface area contributed by atoms with Gasteiger partial charge in [0.1, 0.15) is 5.75 Å². The summed E-state index contributed by atoms with van der Waals surface area (Å²) in [6, 6.07) is 22.6. The van der Waals surface area contributed by atoms with Crippen molar-refractivity contribution in [3.8, 4) is 5.75 Å². The van der Waals surface area contributed by atoms with Crippen molar-refractivity contribution in [2.75, 3.05) is 12.4 Å². The molecule has 0 saturated heterocycles. The van der Waals surface area contributed by atoms with Gasteiger partial charge in [0.2, 0.25) is 0 Å². The van der Waals surface area contributed by atoms with Crippen LogP contribution >= 0.6 is 0 Å². The van der Waals surface area contributed by atoms with E-state index in [0.717, 1.165) is 17.1 Å². The van der Waals surface area contributed by atoms with Crippen molar-refractivity contribution < 1.29 is 4.74 Å². The zero-order valence-corrected chi connectivity index (χ0v) is 10.8. The molecular weight excluding hydrogens is 234 g/mol. The topological polar surface area (TPSA) is 21.3 Å². The Morgan fingerprint density at radius 2 is 1.42 bits per heavy atom. The highest BCUT2D eigenvalue weighted by Crippen LogP contribution is 2.23. The first-order chi connectivity index (χ1) is 9.35. The smallest absolute Gasteiger partial charge is 0.119 e. The summed E-state index contributed by atoms with van der Waals surface area (Å²) in [7, 11) is 1.67. The second-order valence-corrected chi connectivity index (χ2v) is 4.42. The van der Waals surface area contributed by atoms with Gasteiger partial charge in [-0.2, -0.15) is 0 Å². The van der Waals surface area contributed by atoms with E-state index in [1.807, 2.05) is 24.3 Å². The molecule has 3 rings (SSSR count). The average Bonchev–Trinajstić information content (AvgIpc) is 2.48. The van der Waals surface area contributed by atoms with E-state index in [4.69, 9.17) is 4.74 Å². The lowest BCUT2D eigenvalue weighted by atomic mass is 10.1. The standard InChI is InChI=1S/C17H15NO/c1-19-17-10-8-15(9-11-17)18-16-7-6-13-4-2-3-5-14(13)12-16/h2-12,18H,1H3. The Kier molecular flexibility index (Phi) is 3.07. The van der Waals surface area contributed by atoms with Crippen LogP contribution in [0.4, 0.5) is 11.4 Å². The van der Waals surface area contributed by atoms with Crippen molar-refractivity contribution in [1.82, 2.24) is 0 Å². The van der Waals surface area contributed by atoms with Gasteiger partial charge in [-0.15, -0.1) is 0 Å². The van der Waals surface area contributed by atoms with Crippen LogP contribution in [0.5, 0.6) is 5.75 Å². The van der Waals surface area contributed by atoms with Gasteiger partial charge in [-0.3, -0.25) is 0 Å². The molecular formula is C17H15NO. The maximum atomic E-state index is 5.15. The number of nitrogens with one attached hydrogen (secondary N) is 1. The maximum absolute atomic E-state index is 5.15. The molecule has 3 aromatic rings. The Balaban J connectivity index is 1.87. The molecule has 0 spiro atoms. The number of ether oxygens (including phenoxy) is 1. The van der Waals surface area contributed by atoms with Crippen LogP contribution in [0.15, 0.2) is 66.7 Å². The number of hydrogen-bond donors (Lipinski definition) is 1. The molecule has 0 fully saturated rings. The van der Waals surface area contributed by atoms with Crippen LogP contribution in [0.2, 0.25) is 0 Å². The minimum Gasteiger partial charge on any atom is -0.497 e. The van der Waals surface area contributed by atoms with Gasteiger partial charge in [0, 0.05) is 11.4 Å². The van der Waals surface area contributed by atoms with Crippen LogP contribution in [0.1, 0.15) is 0 Å². The van der Waals surface area contributed by atoms with Crippen LogP contribution in [0, 0.1) is 0 Å². The molecule has 94 valence electrons. The summed E-state index contributed by atoms with van der Waals surface area (Å²) in [5.74, 6) is 0.865. The van der Waals surface area contributed by atoms with Crippen molar-refractivity contribution in [2.45, 2.75) is 0 Å². The van der Waals surface area contributed by atoms with Crippen LogP contribution in [0.3, 0.4) is 0 Å². The summed E-state index contributed by atoms with van der Waals surface area (Å²) < 4.78 is 5.15. The van der Waals surface area contributed by atoms with Gasteiger partial charge in [0.05, 0.1) is 7.11 Å². The average molecular weight is 249 g/mol. The molecule has 3 aromatic carbocycles. The van der Waals surface area contributed by atoms with Crippen LogP contribution in [-0.4, -0.2) is 7.11 Å². The predicted molar refractivity (Wildman–Crippen MR) is 80.2 cm³/mol. The van der Waals surface area contributed by atoms with Gasteiger partial charge in [0.25, 0.3) is 0 Å². The van der Waals surface area contributed by atoms with E-state index < -0.39 is 0 Å². The molecule has 2 heteroatoms. The first-order valence-electron chi connectivity index (χ1n) is 6.25. The Morgan fingerprint density at radius 3 is 2.16 bits per heavy atom. The molecule has 0 bridgehead atoms. The Bertz CT molecular complexity index is 689. The zero-order valence-electron chi connectivity index (χ0n) is 10.8. The molecule has 19 heavy (non-hydrogen) atoms. The molecule has 0 aromatic heterocycles. The second-order valence-electron chi connectivity index (χ2n) is 4.42. The fourth-order valence-electron chi connectivity index (χ4n) is 2.11. The molecule has 0 amide bonds. The number of anilines is 2. The van der Waals surface area contributed by atoms with Crippen LogP contribution in [-0.2, 0) is 0 Å². The highest BCUT2D eigenvalue weighted by molar-refractivity contribution is 5.86. The first-order valence-corrected chi connectivity index (χ1v) is 6.25. The largest absolute Gasteiger partial charge is 0.497 e. The SMILES string of the molecule is COc1ccc(Nc2ccc3ccccc3c2)cc1. The minimum atomic E-state index is 0.865. The zero-order chi connectivity index (χ0) is 13.1. The number of methoxy groups -OCH3 is 1. The fourth-order valence-corrected chi connectivity index (χ4v) is 2.11. The number of benzene rings is 3. The number of fused-ring (bicyclic) bond motifs is 1. The normalized spacial score (nSPS) is 10.4. The van der Waals surface area contributed by atoms with E-state index in [2.05, 4.69) is 47.8 Å². The second kappa shape index (κ2) is 5.02. The van der Waals surface area contributed by atoms with E-state index in [0.29, 0.717) is 0 Å². The van der Waals surface area contributed by atoms with E-state index in [1.54, 1.807) is 7.11 Å². The summed E-state index contributed by atoms with van der Waals surface area (Å²) >= 11 is 0. The number of rotatable bonds is 3. The predicted octanol–water partition coefficient (Wildman–Crippen LogP) is 4.59. The number of hydrogen-bond acceptors (Lipinski definition) is 2. The van der Waals surface area contributed by atoms with Crippen molar-refractivity contribution in [1.29, 1.82) is 0 Å².